The second-order valence-electron chi connectivity index (χ2n) is 4.12. The molecule has 1 aromatic carbocycles. The molecule has 1 aromatic rings. The Morgan fingerprint density at radius 2 is 1.65 bits per heavy atom. The summed E-state index contributed by atoms with van der Waals surface area (Å²) in [4.78, 5) is 0. The summed E-state index contributed by atoms with van der Waals surface area (Å²) in [5, 5.41) is 0. The van der Waals surface area contributed by atoms with Gasteiger partial charge in [0.25, 0.3) is 0 Å². The van der Waals surface area contributed by atoms with Crippen LogP contribution in [0.4, 0.5) is 13.2 Å². The summed E-state index contributed by atoms with van der Waals surface area (Å²) in [6.45, 7) is 3.60. The van der Waals surface area contributed by atoms with Crippen molar-refractivity contribution in [2.24, 2.45) is 0 Å². The highest BCUT2D eigenvalue weighted by Crippen LogP contribution is 2.34. The molecule has 0 aliphatic heterocycles. The van der Waals surface area contributed by atoms with Gasteiger partial charge in [-0.25, -0.2) is 0 Å². The summed E-state index contributed by atoms with van der Waals surface area (Å²) in [7, 11) is 2.88. The fourth-order valence-electron chi connectivity index (χ4n) is 1.43. The second kappa shape index (κ2) is 6.69. The first-order valence-corrected chi connectivity index (χ1v) is 5.90. The van der Waals surface area contributed by atoms with Crippen LogP contribution in [-0.4, -0.2) is 32.8 Å². The van der Waals surface area contributed by atoms with E-state index in [1.165, 1.54) is 13.2 Å². The van der Waals surface area contributed by atoms with Crippen LogP contribution in [0, 0.1) is 0 Å². The second-order valence-corrected chi connectivity index (χ2v) is 4.12. The summed E-state index contributed by atoms with van der Waals surface area (Å²) >= 11 is 0. The van der Waals surface area contributed by atoms with Gasteiger partial charge in [-0.2, -0.15) is 0 Å². The minimum Gasteiger partial charge on any atom is -0.493 e. The van der Waals surface area contributed by atoms with Gasteiger partial charge in [-0.3, -0.25) is 0 Å². The lowest BCUT2D eigenvalue weighted by Crippen LogP contribution is -2.27. The van der Waals surface area contributed by atoms with E-state index in [9.17, 15) is 13.2 Å². The van der Waals surface area contributed by atoms with Crippen LogP contribution >= 0.6 is 0 Å². The number of rotatable bonds is 6. The van der Waals surface area contributed by atoms with Gasteiger partial charge in [0.05, 0.1) is 13.2 Å². The first-order chi connectivity index (χ1) is 9.26. The van der Waals surface area contributed by atoms with E-state index < -0.39 is 6.36 Å². The number of ether oxygens (including phenoxy) is 4. The summed E-state index contributed by atoms with van der Waals surface area (Å²) in [6, 6.07) is 3.64. The molecule has 4 nitrogen and oxygen atoms in total. The number of methoxy groups -OCH3 is 2. The van der Waals surface area contributed by atoms with Gasteiger partial charge in [-0.15, -0.1) is 13.2 Å². The SMILES string of the molecule is COc1cc(OC(F)(F)F)ccc1OC(C)[C@H](C)OC. The molecule has 1 unspecified atom stereocenters. The van der Waals surface area contributed by atoms with E-state index in [0.717, 1.165) is 12.1 Å². The molecular weight excluding hydrogens is 277 g/mol. The summed E-state index contributed by atoms with van der Waals surface area (Å²) in [6.07, 6.45) is -5.21. The van der Waals surface area contributed by atoms with Crippen molar-refractivity contribution in [1.29, 1.82) is 0 Å². The summed E-state index contributed by atoms with van der Waals surface area (Å²) in [5.74, 6) is 0.106. The highest BCUT2D eigenvalue weighted by molar-refractivity contribution is 5.45. The number of halogens is 3. The summed E-state index contributed by atoms with van der Waals surface area (Å²) < 4.78 is 55.9. The van der Waals surface area contributed by atoms with Crippen molar-refractivity contribution in [3.8, 4) is 17.2 Å². The van der Waals surface area contributed by atoms with Crippen molar-refractivity contribution in [1.82, 2.24) is 0 Å². The van der Waals surface area contributed by atoms with Crippen LogP contribution in [0.3, 0.4) is 0 Å². The number of alkyl halides is 3. The minimum absolute atomic E-state index is 0.155. The maximum atomic E-state index is 12.1. The van der Waals surface area contributed by atoms with E-state index in [0.29, 0.717) is 5.75 Å². The van der Waals surface area contributed by atoms with Gasteiger partial charge in [0, 0.05) is 13.2 Å². The lowest BCUT2D eigenvalue weighted by molar-refractivity contribution is -0.274. The van der Waals surface area contributed by atoms with E-state index in [-0.39, 0.29) is 23.7 Å². The van der Waals surface area contributed by atoms with Crippen molar-refractivity contribution in [3.05, 3.63) is 18.2 Å². The van der Waals surface area contributed by atoms with E-state index in [4.69, 9.17) is 14.2 Å². The van der Waals surface area contributed by atoms with Gasteiger partial charge >= 0.3 is 6.36 Å². The van der Waals surface area contributed by atoms with Gasteiger partial charge in [0.2, 0.25) is 0 Å². The van der Waals surface area contributed by atoms with Crippen molar-refractivity contribution in [2.45, 2.75) is 32.4 Å². The van der Waals surface area contributed by atoms with E-state index in [1.807, 2.05) is 6.92 Å². The predicted molar refractivity (Wildman–Crippen MR) is 66.2 cm³/mol. The molecule has 114 valence electrons. The number of hydrogen-bond acceptors (Lipinski definition) is 4. The first kappa shape index (κ1) is 16.4. The Labute approximate surface area is 115 Å². The van der Waals surface area contributed by atoms with Crippen LogP contribution in [0.15, 0.2) is 18.2 Å². The third-order valence-electron chi connectivity index (χ3n) is 2.71. The Morgan fingerprint density at radius 3 is 2.15 bits per heavy atom. The molecule has 7 heteroatoms. The zero-order valence-electron chi connectivity index (χ0n) is 11.7. The van der Waals surface area contributed by atoms with E-state index in [1.54, 1.807) is 14.0 Å². The lowest BCUT2D eigenvalue weighted by Gasteiger charge is -2.21. The topological polar surface area (TPSA) is 36.9 Å². The van der Waals surface area contributed by atoms with E-state index in [2.05, 4.69) is 4.74 Å². The Kier molecular flexibility index (Phi) is 5.50. The van der Waals surface area contributed by atoms with Crippen molar-refractivity contribution < 1.29 is 32.1 Å². The Balaban J connectivity index is 2.88. The van der Waals surface area contributed by atoms with Crippen molar-refractivity contribution >= 4 is 0 Å². The molecule has 0 saturated carbocycles. The third-order valence-corrected chi connectivity index (χ3v) is 2.71. The van der Waals surface area contributed by atoms with Crippen LogP contribution in [-0.2, 0) is 4.74 Å². The first-order valence-electron chi connectivity index (χ1n) is 5.90. The van der Waals surface area contributed by atoms with Crippen molar-refractivity contribution in [2.75, 3.05) is 14.2 Å². The molecule has 0 amide bonds. The highest BCUT2D eigenvalue weighted by Gasteiger charge is 2.31. The Hall–Kier alpha value is -1.63. The summed E-state index contributed by atoms with van der Waals surface area (Å²) in [5.41, 5.74) is 0. The maximum absolute atomic E-state index is 12.1. The van der Waals surface area contributed by atoms with Crippen LogP contribution in [0.25, 0.3) is 0 Å². The number of hydrogen-bond donors (Lipinski definition) is 0. The average molecular weight is 294 g/mol. The molecule has 1 rings (SSSR count). The molecular formula is C13H17F3O4. The predicted octanol–water partition coefficient (Wildman–Crippen LogP) is 3.40. The smallest absolute Gasteiger partial charge is 0.493 e. The number of benzene rings is 1. The van der Waals surface area contributed by atoms with E-state index >= 15 is 0 Å². The van der Waals surface area contributed by atoms with Gasteiger partial charge in [0.15, 0.2) is 11.5 Å². The Bertz CT molecular complexity index is 434. The molecule has 0 radical (unpaired) electrons. The third kappa shape index (κ3) is 4.80. The fourth-order valence-corrected chi connectivity index (χ4v) is 1.43. The van der Waals surface area contributed by atoms with Crippen molar-refractivity contribution in [3.63, 3.8) is 0 Å². The largest absolute Gasteiger partial charge is 0.573 e. The maximum Gasteiger partial charge on any atom is 0.573 e. The lowest BCUT2D eigenvalue weighted by atomic mass is 10.2. The molecule has 0 saturated heterocycles. The molecule has 0 spiro atoms. The molecule has 0 fully saturated rings. The Morgan fingerprint density at radius 1 is 1.00 bits per heavy atom. The minimum atomic E-state index is -4.74. The molecule has 0 aromatic heterocycles. The van der Waals surface area contributed by atoms with Gasteiger partial charge in [-0.05, 0) is 26.0 Å². The molecule has 0 heterocycles. The monoisotopic (exact) mass is 294 g/mol. The highest BCUT2D eigenvalue weighted by atomic mass is 19.4. The average Bonchev–Trinajstić information content (AvgIpc) is 2.37. The van der Waals surface area contributed by atoms with Gasteiger partial charge in [0.1, 0.15) is 11.9 Å². The van der Waals surface area contributed by atoms with Crippen LogP contribution in [0.1, 0.15) is 13.8 Å². The zero-order chi connectivity index (χ0) is 15.3. The molecule has 20 heavy (non-hydrogen) atoms. The van der Waals surface area contributed by atoms with Crippen LogP contribution in [0.5, 0.6) is 17.2 Å². The molecule has 0 aliphatic rings. The van der Waals surface area contributed by atoms with Gasteiger partial charge in [-0.1, -0.05) is 0 Å². The van der Waals surface area contributed by atoms with Crippen LogP contribution < -0.4 is 14.2 Å². The molecule has 2 atom stereocenters. The zero-order valence-corrected chi connectivity index (χ0v) is 11.7. The van der Waals surface area contributed by atoms with Gasteiger partial charge < -0.3 is 18.9 Å². The quantitative estimate of drug-likeness (QED) is 0.806. The molecule has 0 bridgehead atoms. The normalized spacial score (nSPS) is 14.6. The van der Waals surface area contributed by atoms with Crippen LogP contribution in [0.2, 0.25) is 0 Å². The fraction of sp³-hybridized carbons (Fsp3) is 0.538. The molecule has 0 aliphatic carbocycles. The standard InChI is InChI=1S/C13H17F3O4/c1-8(17-3)9(2)19-11-6-5-10(7-12(11)18-4)20-13(14,15)16/h5-9H,1-4H3/t8-,9?/m0/s1. The molecule has 0 N–H and O–H groups in total.